The Bertz CT molecular complexity index is 1020. The molecule has 0 spiro atoms. The van der Waals surface area contributed by atoms with Crippen molar-refractivity contribution in [2.75, 3.05) is 10.6 Å². The van der Waals surface area contributed by atoms with Gasteiger partial charge in [0.15, 0.2) is 0 Å². The fourth-order valence-electron chi connectivity index (χ4n) is 3.10. The molecular weight excluding hydrogens is 428 g/mol. The zero-order valence-electron chi connectivity index (χ0n) is 20.1. The van der Waals surface area contributed by atoms with Gasteiger partial charge in [0.25, 0.3) is 11.8 Å². The van der Waals surface area contributed by atoms with Gasteiger partial charge in [0, 0.05) is 22.5 Å². The number of rotatable bonds is 10. The molecule has 2 amide bonds. The Kier molecular flexibility index (Phi) is 8.68. The molecule has 3 aromatic carbocycles. The quantitative estimate of drug-likeness (QED) is 0.360. The molecule has 178 valence electrons. The van der Waals surface area contributed by atoms with Crippen LogP contribution in [0, 0.1) is 0 Å². The van der Waals surface area contributed by atoms with Gasteiger partial charge in [-0.2, -0.15) is 0 Å². The molecule has 0 saturated carbocycles. The van der Waals surface area contributed by atoms with Crippen molar-refractivity contribution >= 4 is 23.2 Å². The lowest BCUT2D eigenvalue weighted by Gasteiger charge is -2.14. The predicted molar refractivity (Wildman–Crippen MR) is 136 cm³/mol. The Labute approximate surface area is 201 Å². The monoisotopic (exact) mass is 460 g/mol. The minimum absolute atomic E-state index is 0.0796. The first-order valence-corrected chi connectivity index (χ1v) is 11.6. The summed E-state index contributed by atoms with van der Waals surface area (Å²) in [5, 5.41) is 5.74. The lowest BCUT2D eigenvalue weighted by molar-refractivity contribution is 0.101. The van der Waals surface area contributed by atoms with Crippen LogP contribution in [-0.2, 0) is 0 Å². The molecule has 3 rings (SSSR count). The minimum atomic E-state index is -0.232. The highest BCUT2D eigenvalue weighted by Gasteiger charge is 2.11. The number of carbonyl (C=O) groups excluding carboxylic acids is 2. The molecule has 0 radical (unpaired) electrons. The van der Waals surface area contributed by atoms with E-state index in [-0.39, 0.29) is 24.0 Å². The Hall–Kier alpha value is -3.80. The number of hydrogen-bond donors (Lipinski definition) is 2. The summed E-state index contributed by atoms with van der Waals surface area (Å²) in [6.07, 6.45) is 1.93. The van der Waals surface area contributed by atoms with Crippen LogP contribution in [0.25, 0.3) is 0 Å². The Morgan fingerprint density at radius 2 is 1.06 bits per heavy atom. The van der Waals surface area contributed by atoms with Gasteiger partial charge in [-0.1, -0.05) is 26.0 Å². The topological polar surface area (TPSA) is 76.7 Å². The summed E-state index contributed by atoms with van der Waals surface area (Å²) in [5.74, 6) is 0.867. The normalized spacial score (nSPS) is 12.4. The van der Waals surface area contributed by atoms with Crippen molar-refractivity contribution < 1.29 is 19.1 Å². The first kappa shape index (κ1) is 24.8. The first-order chi connectivity index (χ1) is 16.4. The zero-order valence-corrected chi connectivity index (χ0v) is 20.1. The molecule has 2 atom stereocenters. The van der Waals surface area contributed by atoms with E-state index in [2.05, 4.69) is 10.6 Å². The maximum absolute atomic E-state index is 12.7. The number of carbonyl (C=O) groups is 2. The van der Waals surface area contributed by atoms with Gasteiger partial charge < -0.3 is 20.1 Å². The fraction of sp³-hybridized carbons (Fsp3) is 0.286. The van der Waals surface area contributed by atoms with E-state index in [1.165, 1.54) is 0 Å². The summed E-state index contributed by atoms with van der Waals surface area (Å²) >= 11 is 0. The molecule has 0 bridgehead atoms. The molecule has 0 aliphatic carbocycles. The second-order valence-electron chi connectivity index (χ2n) is 8.21. The summed E-state index contributed by atoms with van der Waals surface area (Å²) in [4.78, 5) is 25.3. The summed E-state index contributed by atoms with van der Waals surface area (Å²) in [6, 6.07) is 21.2. The van der Waals surface area contributed by atoms with Crippen LogP contribution in [-0.4, -0.2) is 24.0 Å². The van der Waals surface area contributed by atoms with Gasteiger partial charge in [-0.05, 0) is 87.4 Å². The molecule has 2 N–H and O–H groups in total. The van der Waals surface area contributed by atoms with Crippen LogP contribution in [0.15, 0.2) is 72.8 Å². The van der Waals surface area contributed by atoms with Crippen molar-refractivity contribution in [2.45, 2.75) is 52.7 Å². The summed E-state index contributed by atoms with van der Waals surface area (Å²) in [5.41, 5.74) is 2.27. The van der Waals surface area contributed by atoms with E-state index in [9.17, 15) is 9.59 Å². The van der Waals surface area contributed by atoms with Gasteiger partial charge in [0.05, 0.1) is 12.2 Å². The second-order valence-corrected chi connectivity index (χ2v) is 8.21. The van der Waals surface area contributed by atoms with Gasteiger partial charge in [0.1, 0.15) is 11.5 Å². The van der Waals surface area contributed by atoms with E-state index >= 15 is 0 Å². The standard InChI is InChI=1S/C28H32N2O4/c1-5-19(3)33-25-11-7-9-21(17-25)27(31)29-23-13-15-24(16-14-23)30-28(32)22-10-8-12-26(18-22)34-20(4)6-2/h7-20H,5-6H2,1-4H3,(H,29,31)(H,30,32). The van der Waals surface area contributed by atoms with Crippen molar-refractivity contribution in [2.24, 2.45) is 0 Å². The fourth-order valence-corrected chi connectivity index (χ4v) is 3.10. The molecular formula is C28H32N2O4. The number of benzene rings is 3. The van der Waals surface area contributed by atoms with Crippen molar-refractivity contribution in [3.63, 3.8) is 0 Å². The van der Waals surface area contributed by atoms with Crippen LogP contribution in [0.2, 0.25) is 0 Å². The van der Waals surface area contributed by atoms with Crippen LogP contribution in [0.4, 0.5) is 11.4 Å². The molecule has 34 heavy (non-hydrogen) atoms. The van der Waals surface area contributed by atoms with E-state index < -0.39 is 0 Å². The summed E-state index contributed by atoms with van der Waals surface area (Å²) in [6.45, 7) is 8.08. The molecule has 0 heterocycles. The van der Waals surface area contributed by atoms with E-state index in [1.54, 1.807) is 60.7 Å². The lowest BCUT2D eigenvalue weighted by Crippen LogP contribution is -2.14. The maximum atomic E-state index is 12.7. The smallest absolute Gasteiger partial charge is 0.255 e. The minimum Gasteiger partial charge on any atom is -0.491 e. The predicted octanol–water partition coefficient (Wildman–Crippen LogP) is 6.55. The molecule has 0 aromatic heterocycles. The highest BCUT2D eigenvalue weighted by molar-refractivity contribution is 6.06. The van der Waals surface area contributed by atoms with Crippen molar-refractivity contribution in [1.82, 2.24) is 0 Å². The number of nitrogens with one attached hydrogen (secondary N) is 2. The number of amides is 2. The Balaban J connectivity index is 1.60. The van der Waals surface area contributed by atoms with Crippen molar-refractivity contribution in [3.05, 3.63) is 83.9 Å². The molecule has 0 aliphatic heterocycles. The average molecular weight is 461 g/mol. The average Bonchev–Trinajstić information content (AvgIpc) is 2.85. The van der Waals surface area contributed by atoms with Gasteiger partial charge >= 0.3 is 0 Å². The Morgan fingerprint density at radius 1 is 0.676 bits per heavy atom. The third kappa shape index (κ3) is 7.10. The molecule has 2 unspecified atom stereocenters. The van der Waals surface area contributed by atoms with Gasteiger partial charge in [-0.3, -0.25) is 9.59 Å². The lowest BCUT2D eigenvalue weighted by atomic mass is 10.1. The van der Waals surface area contributed by atoms with Crippen LogP contribution < -0.4 is 20.1 Å². The SMILES string of the molecule is CCC(C)Oc1cccc(C(=O)Nc2ccc(NC(=O)c3cccc(OC(C)CC)c3)cc2)c1. The summed E-state index contributed by atoms with van der Waals surface area (Å²) in [7, 11) is 0. The third-order valence-electron chi connectivity index (χ3n) is 5.42. The van der Waals surface area contributed by atoms with Crippen LogP contribution in [0.3, 0.4) is 0 Å². The molecule has 3 aromatic rings. The van der Waals surface area contributed by atoms with Crippen LogP contribution in [0.1, 0.15) is 61.3 Å². The van der Waals surface area contributed by atoms with E-state index in [4.69, 9.17) is 9.47 Å². The molecule has 0 saturated heterocycles. The van der Waals surface area contributed by atoms with Crippen LogP contribution in [0.5, 0.6) is 11.5 Å². The Morgan fingerprint density at radius 3 is 1.41 bits per heavy atom. The number of hydrogen-bond acceptors (Lipinski definition) is 4. The second kappa shape index (κ2) is 11.9. The summed E-state index contributed by atoms with van der Waals surface area (Å²) < 4.78 is 11.6. The largest absolute Gasteiger partial charge is 0.491 e. The highest BCUT2D eigenvalue weighted by atomic mass is 16.5. The van der Waals surface area contributed by atoms with Gasteiger partial charge in [-0.25, -0.2) is 0 Å². The molecule has 0 fully saturated rings. The van der Waals surface area contributed by atoms with E-state index in [0.717, 1.165) is 12.8 Å². The molecule has 6 nitrogen and oxygen atoms in total. The zero-order chi connectivity index (χ0) is 24.5. The van der Waals surface area contributed by atoms with Crippen LogP contribution >= 0.6 is 0 Å². The molecule has 6 heteroatoms. The third-order valence-corrected chi connectivity index (χ3v) is 5.42. The highest BCUT2D eigenvalue weighted by Crippen LogP contribution is 2.20. The van der Waals surface area contributed by atoms with E-state index in [0.29, 0.717) is 34.0 Å². The first-order valence-electron chi connectivity index (χ1n) is 11.6. The van der Waals surface area contributed by atoms with Gasteiger partial charge in [0.2, 0.25) is 0 Å². The maximum Gasteiger partial charge on any atom is 0.255 e. The van der Waals surface area contributed by atoms with Gasteiger partial charge in [-0.15, -0.1) is 0 Å². The molecule has 0 aliphatic rings. The van der Waals surface area contributed by atoms with Crippen molar-refractivity contribution in [3.8, 4) is 11.5 Å². The van der Waals surface area contributed by atoms with Crippen molar-refractivity contribution in [1.29, 1.82) is 0 Å². The van der Waals surface area contributed by atoms with E-state index in [1.807, 2.05) is 39.8 Å². The number of anilines is 2. The number of ether oxygens (including phenoxy) is 2.